The molecule has 3 rings (SSSR count). The minimum Gasteiger partial charge on any atom is -0.508 e. The number of anilines is 1. The number of aliphatic hydroxyl groups is 1. The van der Waals surface area contributed by atoms with E-state index in [9.17, 15) is 24.6 Å². The summed E-state index contributed by atoms with van der Waals surface area (Å²) >= 11 is 0. The lowest BCUT2D eigenvalue weighted by Crippen LogP contribution is -2.54. The van der Waals surface area contributed by atoms with Crippen molar-refractivity contribution in [3.05, 3.63) is 59.2 Å². The monoisotopic (exact) mass is 497 g/mol. The Morgan fingerprint density at radius 1 is 1.06 bits per heavy atom. The lowest BCUT2D eigenvalue weighted by molar-refractivity contribution is -0.142. The normalized spacial score (nSPS) is 14.9. The van der Waals surface area contributed by atoms with Gasteiger partial charge >= 0.3 is 6.09 Å². The first-order valence-corrected chi connectivity index (χ1v) is 12.0. The van der Waals surface area contributed by atoms with Gasteiger partial charge < -0.3 is 30.5 Å². The van der Waals surface area contributed by atoms with Crippen LogP contribution >= 0.6 is 0 Å². The number of para-hydroxylation sites is 2. The average Bonchev–Trinajstić information content (AvgIpc) is 3.62. The number of hydrogen-bond acceptors (Lipinski definition) is 6. The number of amides is 3. The fourth-order valence-corrected chi connectivity index (χ4v) is 4.03. The Morgan fingerprint density at radius 2 is 1.67 bits per heavy atom. The average molecular weight is 498 g/mol. The van der Waals surface area contributed by atoms with Gasteiger partial charge in [-0.1, -0.05) is 36.4 Å². The van der Waals surface area contributed by atoms with Gasteiger partial charge in [0.1, 0.15) is 23.4 Å². The van der Waals surface area contributed by atoms with Gasteiger partial charge in [-0.15, -0.1) is 0 Å². The van der Waals surface area contributed by atoms with E-state index in [1.807, 2.05) is 32.0 Å². The number of rotatable bonds is 8. The Hall–Kier alpha value is -3.59. The van der Waals surface area contributed by atoms with E-state index in [4.69, 9.17) is 4.74 Å². The van der Waals surface area contributed by atoms with Crippen molar-refractivity contribution in [3.63, 3.8) is 0 Å². The number of alkyl carbamates (subject to hydrolysis) is 1. The van der Waals surface area contributed by atoms with Crippen molar-refractivity contribution in [3.8, 4) is 5.75 Å². The van der Waals surface area contributed by atoms with Crippen LogP contribution in [0.15, 0.2) is 42.5 Å². The molecule has 0 saturated heterocycles. The summed E-state index contributed by atoms with van der Waals surface area (Å²) in [5.74, 6) is -1.29. The predicted octanol–water partition coefficient (Wildman–Crippen LogP) is 3.57. The van der Waals surface area contributed by atoms with Crippen molar-refractivity contribution in [2.75, 3.05) is 11.9 Å². The van der Waals surface area contributed by atoms with E-state index in [1.165, 1.54) is 11.0 Å². The lowest BCUT2D eigenvalue weighted by atomic mass is 10.0. The van der Waals surface area contributed by atoms with Crippen LogP contribution in [-0.4, -0.2) is 57.3 Å². The number of hydrogen-bond donors (Lipinski definition) is 4. The van der Waals surface area contributed by atoms with Crippen molar-refractivity contribution in [2.24, 2.45) is 0 Å². The molecule has 1 fully saturated rings. The molecule has 0 radical (unpaired) electrons. The summed E-state index contributed by atoms with van der Waals surface area (Å²) in [6.07, 6.45) is 0.443. The molecule has 0 heterocycles. The standard InChI is InChI=1S/C27H35N3O6/c1-16-9-8-10-17(2)22(16)29-24(33)23(19-11-6-7-12-21(19)32)30(18-13-14-18)25(34)20(15-31)28-26(35)36-27(3,4)5/h6-12,18,20,23,31-32H,13-15H2,1-5H3,(H,28,35)(H,29,33). The van der Waals surface area contributed by atoms with Gasteiger partial charge in [0, 0.05) is 17.3 Å². The number of aliphatic hydroxyl groups excluding tert-OH is 1. The molecule has 2 unspecified atom stereocenters. The molecular formula is C27H35N3O6. The third-order valence-electron chi connectivity index (χ3n) is 5.85. The summed E-state index contributed by atoms with van der Waals surface area (Å²) in [5.41, 5.74) is 1.77. The van der Waals surface area contributed by atoms with Gasteiger partial charge in [-0.25, -0.2) is 4.79 Å². The highest BCUT2D eigenvalue weighted by molar-refractivity contribution is 6.00. The second kappa shape index (κ2) is 11.0. The van der Waals surface area contributed by atoms with E-state index in [0.717, 1.165) is 11.1 Å². The number of benzene rings is 2. The van der Waals surface area contributed by atoms with E-state index >= 15 is 0 Å². The first-order chi connectivity index (χ1) is 16.9. The molecule has 2 atom stereocenters. The van der Waals surface area contributed by atoms with Crippen LogP contribution in [0.2, 0.25) is 0 Å². The Labute approximate surface area is 211 Å². The SMILES string of the molecule is Cc1cccc(C)c1NC(=O)C(c1ccccc1O)N(C(=O)C(CO)NC(=O)OC(C)(C)C)C1CC1. The Balaban J connectivity index is 1.99. The van der Waals surface area contributed by atoms with Crippen LogP contribution in [0.3, 0.4) is 0 Å². The molecule has 9 heteroatoms. The number of phenolic OH excluding ortho intramolecular Hbond substituents is 1. The molecule has 2 aromatic rings. The number of phenols is 1. The number of nitrogens with zero attached hydrogens (tertiary/aromatic N) is 1. The fraction of sp³-hybridized carbons (Fsp3) is 0.444. The molecule has 0 spiro atoms. The second-order valence-electron chi connectivity index (χ2n) is 10.1. The van der Waals surface area contributed by atoms with Crippen LogP contribution in [0.25, 0.3) is 0 Å². The summed E-state index contributed by atoms with van der Waals surface area (Å²) in [5, 5.41) is 26.0. The summed E-state index contributed by atoms with van der Waals surface area (Å²) in [6, 6.07) is 9.14. The number of carbonyl (C=O) groups is 3. The molecule has 36 heavy (non-hydrogen) atoms. The molecule has 2 aromatic carbocycles. The Morgan fingerprint density at radius 3 is 2.19 bits per heavy atom. The zero-order valence-electron chi connectivity index (χ0n) is 21.4. The van der Waals surface area contributed by atoms with Crippen LogP contribution in [0, 0.1) is 13.8 Å². The highest BCUT2D eigenvalue weighted by Gasteiger charge is 2.44. The van der Waals surface area contributed by atoms with E-state index in [0.29, 0.717) is 18.5 Å². The van der Waals surface area contributed by atoms with Gasteiger partial charge in [-0.2, -0.15) is 0 Å². The molecule has 1 aliphatic carbocycles. The predicted molar refractivity (Wildman–Crippen MR) is 136 cm³/mol. The van der Waals surface area contributed by atoms with Crippen LogP contribution < -0.4 is 10.6 Å². The number of nitrogens with one attached hydrogen (secondary N) is 2. The Kier molecular flexibility index (Phi) is 8.24. The minimum atomic E-state index is -1.33. The molecule has 3 amide bonds. The van der Waals surface area contributed by atoms with Gasteiger partial charge in [0.05, 0.1) is 6.61 Å². The summed E-state index contributed by atoms with van der Waals surface area (Å²) in [6.45, 7) is 8.11. The maximum Gasteiger partial charge on any atom is 0.408 e. The fourth-order valence-electron chi connectivity index (χ4n) is 4.03. The molecule has 0 aliphatic heterocycles. The maximum absolute atomic E-state index is 13.8. The van der Waals surface area contributed by atoms with Crippen LogP contribution in [0.4, 0.5) is 10.5 Å². The first-order valence-electron chi connectivity index (χ1n) is 12.0. The first kappa shape index (κ1) is 27.0. The molecule has 1 saturated carbocycles. The van der Waals surface area contributed by atoms with Crippen LogP contribution in [0.5, 0.6) is 5.75 Å². The van der Waals surface area contributed by atoms with Gasteiger partial charge in [0.25, 0.3) is 5.91 Å². The van der Waals surface area contributed by atoms with Crippen LogP contribution in [-0.2, 0) is 14.3 Å². The van der Waals surface area contributed by atoms with E-state index in [2.05, 4.69) is 10.6 Å². The topological polar surface area (TPSA) is 128 Å². The van der Waals surface area contributed by atoms with Gasteiger partial charge in [-0.3, -0.25) is 9.59 Å². The number of aromatic hydroxyl groups is 1. The summed E-state index contributed by atoms with van der Waals surface area (Å²) in [4.78, 5) is 41.2. The van der Waals surface area contributed by atoms with Crippen molar-refractivity contribution in [2.45, 2.75) is 71.2 Å². The van der Waals surface area contributed by atoms with Gasteiger partial charge in [0.2, 0.25) is 5.91 Å². The number of carbonyl (C=O) groups excluding carboxylic acids is 3. The molecule has 4 N–H and O–H groups in total. The van der Waals surface area contributed by atoms with E-state index < -0.39 is 42.2 Å². The molecule has 1 aliphatic rings. The third kappa shape index (κ3) is 6.54. The highest BCUT2D eigenvalue weighted by atomic mass is 16.6. The molecule has 0 aromatic heterocycles. The van der Waals surface area contributed by atoms with E-state index in [1.54, 1.807) is 39.0 Å². The molecule has 194 valence electrons. The summed E-state index contributed by atoms with van der Waals surface area (Å²) < 4.78 is 5.24. The quantitative estimate of drug-likeness (QED) is 0.442. The van der Waals surface area contributed by atoms with E-state index in [-0.39, 0.29) is 17.4 Å². The number of ether oxygens (including phenoxy) is 1. The Bertz CT molecular complexity index is 1100. The smallest absolute Gasteiger partial charge is 0.408 e. The molecular weight excluding hydrogens is 462 g/mol. The van der Waals surface area contributed by atoms with Crippen molar-refractivity contribution < 1.29 is 29.3 Å². The van der Waals surface area contributed by atoms with Crippen molar-refractivity contribution in [1.82, 2.24) is 10.2 Å². The van der Waals surface area contributed by atoms with Gasteiger partial charge in [0.15, 0.2) is 0 Å². The summed E-state index contributed by atoms with van der Waals surface area (Å²) in [7, 11) is 0. The second-order valence-corrected chi connectivity index (χ2v) is 10.1. The largest absolute Gasteiger partial charge is 0.508 e. The number of aryl methyl sites for hydroxylation is 2. The molecule has 9 nitrogen and oxygen atoms in total. The van der Waals surface area contributed by atoms with Crippen molar-refractivity contribution in [1.29, 1.82) is 0 Å². The van der Waals surface area contributed by atoms with Gasteiger partial charge in [-0.05, 0) is 64.7 Å². The molecule has 0 bridgehead atoms. The zero-order valence-corrected chi connectivity index (χ0v) is 21.4. The van der Waals surface area contributed by atoms with Crippen LogP contribution in [0.1, 0.15) is 56.3 Å². The van der Waals surface area contributed by atoms with Crippen molar-refractivity contribution >= 4 is 23.6 Å². The third-order valence-corrected chi connectivity index (χ3v) is 5.85. The highest BCUT2D eigenvalue weighted by Crippen LogP contribution is 2.39. The maximum atomic E-state index is 13.8. The lowest BCUT2D eigenvalue weighted by Gasteiger charge is -2.34. The minimum absolute atomic E-state index is 0.141. The zero-order chi connectivity index (χ0) is 26.6.